The molecule has 0 atom stereocenters. The first-order valence-corrected chi connectivity index (χ1v) is 9.76. The summed E-state index contributed by atoms with van der Waals surface area (Å²) in [5, 5.41) is 0. The van der Waals surface area contributed by atoms with Crippen molar-refractivity contribution in [3.63, 3.8) is 0 Å². The lowest BCUT2D eigenvalue weighted by molar-refractivity contribution is 0.0889. The summed E-state index contributed by atoms with van der Waals surface area (Å²) in [4.78, 5) is 4.83. The average molecular weight is 375 g/mol. The molecule has 0 N–H and O–H groups in total. The molecule has 0 saturated carbocycles. The van der Waals surface area contributed by atoms with Crippen LogP contribution in [0.3, 0.4) is 0 Å². The van der Waals surface area contributed by atoms with E-state index in [1.165, 1.54) is 11.3 Å². The molecular weight excluding hydrogens is 348 g/mol. The van der Waals surface area contributed by atoms with Gasteiger partial charge in [-0.05, 0) is 29.8 Å². The fourth-order valence-electron chi connectivity index (χ4n) is 3.09. The van der Waals surface area contributed by atoms with Crippen LogP contribution < -0.4 is 9.64 Å². The second-order valence-corrected chi connectivity index (χ2v) is 6.78. The third-order valence-electron chi connectivity index (χ3n) is 4.58. The highest BCUT2D eigenvalue weighted by Crippen LogP contribution is 2.20. The van der Waals surface area contributed by atoms with Crippen molar-refractivity contribution < 1.29 is 9.47 Å². The highest BCUT2D eigenvalue weighted by molar-refractivity contribution is 6.18. The Morgan fingerprint density at radius 1 is 0.846 bits per heavy atom. The molecule has 26 heavy (non-hydrogen) atoms. The molecule has 2 aromatic carbocycles. The normalized spacial score (nSPS) is 15.2. The molecule has 1 fully saturated rings. The van der Waals surface area contributed by atoms with Gasteiger partial charge in [0.15, 0.2) is 0 Å². The number of nitrogens with zero attached hydrogens (tertiary/aromatic N) is 2. The Balaban J connectivity index is 1.35. The van der Waals surface area contributed by atoms with Crippen LogP contribution in [0.1, 0.15) is 5.56 Å². The van der Waals surface area contributed by atoms with Crippen LogP contribution in [0.25, 0.3) is 0 Å². The maximum absolute atomic E-state index is 5.82. The van der Waals surface area contributed by atoms with Gasteiger partial charge in [-0.1, -0.05) is 30.3 Å². The number of piperazine rings is 1. The van der Waals surface area contributed by atoms with Gasteiger partial charge in [0.1, 0.15) is 12.4 Å². The SMILES string of the molecule is ClCCN1CCN(c2ccc(OCCOCc3ccccc3)cc2)CC1. The Morgan fingerprint density at radius 3 is 2.27 bits per heavy atom. The maximum Gasteiger partial charge on any atom is 0.119 e. The molecule has 1 aliphatic rings. The smallest absolute Gasteiger partial charge is 0.119 e. The zero-order valence-corrected chi connectivity index (χ0v) is 15.9. The van der Waals surface area contributed by atoms with E-state index in [2.05, 4.69) is 34.1 Å². The molecule has 0 aromatic heterocycles. The van der Waals surface area contributed by atoms with Crippen molar-refractivity contribution in [3.05, 3.63) is 60.2 Å². The summed E-state index contributed by atoms with van der Waals surface area (Å²) in [6, 6.07) is 18.5. The van der Waals surface area contributed by atoms with Crippen LogP contribution in [-0.4, -0.2) is 56.7 Å². The molecule has 1 saturated heterocycles. The lowest BCUT2D eigenvalue weighted by atomic mass is 10.2. The van der Waals surface area contributed by atoms with Gasteiger partial charge in [-0.3, -0.25) is 4.90 Å². The maximum atomic E-state index is 5.82. The number of hydrogen-bond donors (Lipinski definition) is 0. The number of rotatable bonds is 9. The van der Waals surface area contributed by atoms with Crippen molar-refractivity contribution in [2.45, 2.75) is 6.61 Å². The first kappa shape index (κ1) is 19.0. The van der Waals surface area contributed by atoms with Crippen molar-refractivity contribution in [3.8, 4) is 5.75 Å². The molecule has 2 aromatic rings. The largest absolute Gasteiger partial charge is 0.491 e. The number of halogens is 1. The highest BCUT2D eigenvalue weighted by Gasteiger charge is 2.16. The first-order chi connectivity index (χ1) is 12.8. The zero-order valence-electron chi connectivity index (χ0n) is 15.1. The fourth-order valence-corrected chi connectivity index (χ4v) is 3.32. The standard InChI is InChI=1S/C21H27ClN2O2/c22-10-11-23-12-14-24(15-13-23)20-6-8-21(9-7-20)26-17-16-25-18-19-4-2-1-3-5-19/h1-9H,10-18H2. The third kappa shape index (κ3) is 5.90. The van der Waals surface area contributed by atoms with Gasteiger partial charge >= 0.3 is 0 Å². The van der Waals surface area contributed by atoms with Gasteiger partial charge in [0.05, 0.1) is 13.2 Å². The number of ether oxygens (including phenoxy) is 2. The van der Waals surface area contributed by atoms with Crippen molar-refractivity contribution in [2.24, 2.45) is 0 Å². The molecule has 1 aliphatic heterocycles. The van der Waals surface area contributed by atoms with E-state index < -0.39 is 0 Å². The van der Waals surface area contributed by atoms with Crippen molar-refractivity contribution in [2.75, 3.05) is 56.7 Å². The van der Waals surface area contributed by atoms with E-state index in [1.807, 2.05) is 30.3 Å². The number of benzene rings is 2. The third-order valence-corrected chi connectivity index (χ3v) is 4.75. The fraction of sp³-hybridized carbons (Fsp3) is 0.429. The molecule has 140 valence electrons. The molecule has 3 rings (SSSR count). The van der Waals surface area contributed by atoms with E-state index >= 15 is 0 Å². The summed E-state index contributed by atoms with van der Waals surface area (Å²) in [6.45, 7) is 6.98. The van der Waals surface area contributed by atoms with Gasteiger partial charge in [-0.25, -0.2) is 0 Å². The minimum absolute atomic E-state index is 0.559. The average Bonchev–Trinajstić information content (AvgIpc) is 2.70. The lowest BCUT2D eigenvalue weighted by Gasteiger charge is -2.35. The summed E-state index contributed by atoms with van der Waals surface area (Å²) in [5.74, 6) is 1.60. The lowest BCUT2D eigenvalue weighted by Crippen LogP contribution is -2.46. The van der Waals surface area contributed by atoms with Gasteiger partial charge in [0.25, 0.3) is 0 Å². The Hall–Kier alpha value is -1.75. The van der Waals surface area contributed by atoms with E-state index in [1.54, 1.807) is 0 Å². The second kappa shape index (κ2) is 10.4. The quantitative estimate of drug-likeness (QED) is 0.494. The summed E-state index contributed by atoms with van der Waals surface area (Å²) in [7, 11) is 0. The molecule has 4 nitrogen and oxygen atoms in total. The van der Waals surface area contributed by atoms with Gasteiger partial charge in [-0.2, -0.15) is 0 Å². The zero-order chi connectivity index (χ0) is 18.0. The summed E-state index contributed by atoms with van der Waals surface area (Å²) in [5.41, 5.74) is 2.44. The van der Waals surface area contributed by atoms with E-state index in [-0.39, 0.29) is 0 Å². The van der Waals surface area contributed by atoms with Crippen molar-refractivity contribution in [1.82, 2.24) is 4.90 Å². The van der Waals surface area contributed by atoms with Crippen molar-refractivity contribution in [1.29, 1.82) is 0 Å². The first-order valence-electron chi connectivity index (χ1n) is 9.23. The summed E-state index contributed by atoms with van der Waals surface area (Å²) in [6.07, 6.45) is 0. The van der Waals surface area contributed by atoms with E-state index in [0.717, 1.165) is 38.5 Å². The molecule has 0 amide bonds. The summed E-state index contributed by atoms with van der Waals surface area (Å²) < 4.78 is 11.4. The van der Waals surface area contributed by atoms with Gasteiger partial charge in [0.2, 0.25) is 0 Å². The minimum atomic E-state index is 0.559. The Morgan fingerprint density at radius 2 is 1.58 bits per heavy atom. The Kier molecular flexibility index (Phi) is 7.62. The highest BCUT2D eigenvalue weighted by atomic mass is 35.5. The molecule has 0 bridgehead atoms. The molecule has 0 spiro atoms. The number of hydrogen-bond acceptors (Lipinski definition) is 4. The predicted octanol–water partition coefficient (Wildman–Crippen LogP) is 3.64. The van der Waals surface area contributed by atoms with Crippen LogP contribution >= 0.6 is 11.6 Å². The second-order valence-electron chi connectivity index (χ2n) is 6.40. The molecular formula is C21H27ClN2O2. The molecule has 0 unspecified atom stereocenters. The molecule has 1 heterocycles. The van der Waals surface area contributed by atoms with E-state index in [0.29, 0.717) is 25.7 Å². The number of alkyl halides is 1. The van der Waals surface area contributed by atoms with E-state index in [9.17, 15) is 0 Å². The van der Waals surface area contributed by atoms with Crippen molar-refractivity contribution >= 4 is 17.3 Å². The minimum Gasteiger partial charge on any atom is -0.491 e. The monoisotopic (exact) mass is 374 g/mol. The van der Waals surface area contributed by atoms with Gasteiger partial charge in [-0.15, -0.1) is 11.6 Å². The molecule has 5 heteroatoms. The Bertz CT molecular complexity index is 628. The van der Waals surface area contributed by atoms with E-state index in [4.69, 9.17) is 21.1 Å². The van der Waals surface area contributed by atoms with Crippen LogP contribution in [0.4, 0.5) is 5.69 Å². The van der Waals surface area contributed by atoms with Crippen LogP contribution in [0.15, 0.2) is 54.6 Å². The van der Waals surface area contributed by atoms with Crippen LogP contribution in [0.2, 0.25) is 0 Å². The van der Waals surface area contributed by atoms with Crippen LogP contribution in [0, 0.1) is 0 Å². The molecule has 0 aliphatic carbocycles. The van der Waals surface area contributed by atoms with Gasteiger partial charge < -0.3 is 14.4 Å². The van der Waals surface area contributed by atoms with Gasteiger partial charge in [0, 0.05) is 44.3 Å². The predicted molar refractivity (Wildman–Crippen MR) is 107 cm³/mol. The number of anilines is 1. The van der Waals surface area contributed by atoms with Crippen LogP contribution in [-0.2, 0) is 11.3 Å². The van der Waals surface area contributed by atoms with Crippen LogP contribution in [0.5, 0.6) is 5.75 Å². The summed E-state index contributed by atoms with van der Waals surface area (Å²) >= 11 is 5.82. The molecule has 0 radical (unpaired) electrons. The Labute approximate surface area is 161 Å². The topological polar surface area (TPSA) is 24.9 Å².